The smallest absolute Gasteiger partial charge is 0.307 e. The van der Waals surface area contributed by atoms with Crippen molar-refractivity contribution in [2.75, 3.05) is 26.7 Å². The fourth-order valence-corrected chi connectivity index (χ4v) is 2.97. The fraction of sp³-hybridized carbons (Fsp3) is 0.600. The van der Waals surface area contributed by atoms with E-state index >= 15 is 0 Å². The number of rotatable bonds is 8. The van der Waals surface area contributed by atoms with Gasteiger partial charge >= 0.3 is 5.97 Å². The number of hydrogen-bond donors (Lipinski definition) is 2. The van der Waals surface area contributed by atoms with Crippen LogP contribution in [-0.2, 0) is 22.6 Å². The lowest BCUT2D eigenvalue weighted by Crippen LogP contribution is -2.38. The third kappa shape index (κ3) is 7.44. The highest BCUT2D eigenvalue weighted by molar-refractivity contribution is 5.80. The van der Waals surface area contributed by atoms with Crippen LogP contribution in [0.1, 0.15) is 44.2 Å². The van der Waals surface area contributed by atoms with Gasteiger partial charge in [0.05, 0.1) is 12.5 Å². The van der Waals surface area contributed by atoms with E-state index in [1.807, 2.05) is 13.8 Å². The van der Waals surface area contributed by atoms with E-state index in [0.717, 1.165) is 6.54 Å². The zero-order chi connectivity index (χ0) is 18.8. The van der Waals surface area contributed by atoms with Gasteiger partial charge in [0.25, 0.3) is 0 Å². The fourth-order valence-electron chi connectivity index (χ4n) is 2.97. The Morgan fingerprint density at radius 1 is 1.15 bits per heavy atom. The highest BCUT2D eigenvalue weighted by Gasteiger charge is 2.11. The monoisotopic (exact) mass is 360 g/mol. The summed E-state index contributed by atoms with van der Waals surface area (Å²) in [7, 11) is 1.72. The molecular weight excluding hydrogens is 328 g/mol. The number of hydrogen-bond acceptors (Lipinski definition) is 4. The van der Waals surface area contributed by atoms with E-state index in [9.17, 15) is 4.79 Å². The molecule has 144 valence electrons. The first kappa shape index (κ1) is 20.2. The van der Waals surface area contributed by atoms with Crippen molar-refractivity contribution in [3.8, 4) is 0 Å². The largest absolute Gasteiger partial charge is 0.463 e. The van der Waals surface area contributed by atoms with Crippen molar-refractivity contribution in [2.45, 2.75) is 52.3 Å². The second kappa shape index (κ2) is 10.8. The van der Waals surface area contributed by atoms with E-state index in [-0.39, 0.29) is 12.1 Å². The third-order valence-corrected chi connectivity index (χ3v) is 4.30. The number of esters is 1. The molecule has 6 heteroatoms. The summed E-state index contributed by atoms with van der Waals surface area (Å²) in [6.07, 6.45) is 2.89. The highest BCUT2D eigenvalue weighted by atomic mass is 16.5. The van der Waals surface area contributed by atoms with Gasteiger partial charge in [-0.05, 0) is 50.9 Å². The first-order valence-electron chi connectivity index (χ1n) is 9.51. The quantitative estimate of drug-likeness (QED) is 0.423. The van der Waals surface area contributed by atoms with Crippen LogP contribution in [0.4, 0.5) is 0 Å². The van der Waals surface area contributed by atoms with E-state index < -0.39 is 0 Å². The van der Waals surface area contributed by atoms with Crippen LogP contribution in [0.15, 0.2) is 29.3 Å². The summed E-state index contributed by atoms with van der Waals surface area (Å²) in [5.74, 6) is 0.486. The molecule has 1 saturated heterocycles. The van der Waals surface area contributed by atoms with Gasteiger partial charge in [0.1, 0.15) is 0 Å². The second-order valence-electron chi connectivity index (χ2n) is 6.94. The van der Waals surface area contributed by atoms with Crippen molar-refractivity contribution in [2.24, 2.45) is 4.99 Å². The van der Waals surface area contributed by atoms with E-state index in [2.05, 4.69) is 44.8 Å². The topological polar surface area (TPSA) is 66.0 Å². The molecule has 0 bridgehead atoms. The number of nitrogens with zero attached hydrogens (tertiary/aromatic N) is 2. The molecular formula is C20H32N4O2. The first-order valence-corrected chi connectivity index (χ1v) is 9.51. The molecule has 0 unspecified atom stereocenters. The summed E-state index contributed by atoms with van der Waals surface area (Å²) in [5, 5.41) is 6.40. The van der Waals surface area contributed by atoms with Crippen LogP contribution >= 0.6 is 0 Å². The minimum Gasteiger partial charge on any atom is -0.463 e. The van der Waals surface area contributed by atoms with Gasteiger partial charge < -0.3 is 15.4 Å². The molecule has 6 nitrogen and oxygen atoms in total. The summed E-state index contributed by atoms with van der Waals surface area (Å²) in [6.45, 7) is 8.37. The first-order chi connectivity index (χ1) is 12.6. The molecule has 1 aliphatic heterocycles. The summed E-state index contributed by atoms with van der Waals surface area (Å²) >= 11 is 0. The summed E-state index contributed by atoms with van der Waals surface area (Å²) < 4.78 is 5.11. The molecule has 1 aromatic carbocycles. The van der Waals surface area contributed by atoms with Crippen molar-refractivity contribution in [1.82, 2.24) is 15.5 Å². The van der Waals surface area contributed by atoms with E-state index in [0.29, 0.717) is 25.5 Å². The summed E-state index contributed by atoms with van der Waals surface area (Å²) in [6, 6.07) is 8.72. The molecule has 0 saturated carbocycles. The van der Waals surface area contributed by atoms with Crippen LogP contribution in [0.5, 0.6) is 0 Å². The lowest BCUT2D eigenvalue weighted by atomic mass is 10.1. The molecule has 0 atom stereocenters. The van der Waals surface area contributed by atoms with Crippen LogP contribution in [-0.4, -0.2) is 49.6 Å². The third-order valence-electron chi connectivity index (χ3n) is 4.30. The molecule has 0 aliphatic carbocycles. The maximum Gasteiger partial charge on any atom is 0.307 e. The van der Waals surface area contributed by atoms with Gasteiger partial charge in [-0.15, -0.1) is 0 Å². The van der Waals surface area contributed by atoms with Crippen molar-refractivity contribution in [1.29, 1.82) is 0 Å². The van der Waals surface area contributed by atoms with Gasteiger partial charge in [-0.2, -0.15) is 0 Å². The lowest BCUT2D eigenvalue weighted by Gasteiger charge is -2.15. The molecule has 0 radical (unpaired) electrons. The van der Waals surface area contributed by atoms with Crippen LogP contribution < -0.4 is 10.6 Å². The zero-order valence-electron chi connectivity index (χ0n) is 16.3. The normalized spacial score (nSPS) is 15.3. The number of likely N-dealkylation sites (tertiary alicyclic amines) is 1. The lowest BCUT2D eigenvalue weighted by molar-refractivity contribution is -0.147. The molecule has 2 rings (SSSR count). The van der Waals surface area contributed by atoms with Crippen molar-refractivity contribution < 1.29 is 9.53 Å². The van der Waals surface area contributed by atoms with Crippen LogP contribution in [0.2, 0.25) is 0 Å². The molecule has 1 heterocycles. The molecule has 26 heavy (non-hydrogen) atoms. The van der Waals surface area contributed by atoms with Gasteiger partial charge in [0.2, 0.25) is 0 Å². The van der Waals surface area contributed by atoms with Gasteiger partial charge in [-0.1, -0.05) is 24.3 Å². The van der Waals surface area contributed by atoms with Crippen molar-refractivity contribution >= 4 is 11.9 Å². The Kier molecular flexibility index (Phi) is 8.41. The van der Waals surface area contributed by atoms with Crippen LogP contribution in [0, 0.1) is 0 Å². The molecule has 0 spiro atoms. The predicted octanol–water partition coefficient (Wildman–Crippen LogP) is 2.29. The number of carbonyl (C=O) groups excluding carboxylic acids is 1. The Bertz CT molecular complexity index is 578. The van der Waals surface area contributed by atoms with E-state index in [4.69, 9.17) is 4.74 Å². The Labute approximate surface area is 157 Å². The molecule has 1 fully saturated rings. The number of aliphatic imine (C=N–C) groups is 1. The van der Waals surface area contributed by atoms with Crippen LogP contribution in [0.3, 0.4) is 0 Å². The van der Waals surface area contributed by atoms with Gasteiger partial charge in [-0.3, -0.25) is 14.7 Å². The highest BCUT2D eigenvalue weighted by Crippen LogP contribution is 2.13. The number of guanidine groups is 1. The molecule has 2 N–H and O–H groups in total. The molecule has 1 aliphatic rings. The predicted molar refractivity (Wildman–Crippen MR) is 105 cm³/mol. The maximum atomic E-state index is 11.5. The Morgan fingerprint density at radius 2 is 1.81 bits per heavy atom. The Morgan fingerprint density at radius 3 is 2.42 bits per heavy atom. The van der Waals surface area contributed by atoms with Crippen molar-refractivity contribution in [3.05, 3.63) is 35.4 Å². The minimum absolute atomic E-state index is 0.0756. The van der Waals surface area contributed by atoms with E-state index in [1.54, 1.807) is 7.05 Å². The average Bonchev–Trinajstić information content (AvgIpc) is 3.11. The molecule has 0 aromatic heterocycles. The number of benzene rings is 1. The second-order valence-corrected chi connectivity index (χ2v) is 6.94. The van der Waals surface area contributed by atoms with Gasteiger partial charge in [-0.25, -0.2) is 0 Å². The maximum absolute atomic E-state index is 11.5. The van der Waals surface area contributed by atoms with Crippen LogP contribution in [0.25, 0.3) is 0 Å². The molecule has 0 amide bonds. The minimum atomic E-state index is -0.198. The average molecular weight is 361 g/mol. The number of carbonyl (C=O) groups is 1. The Balaban J connectivity index is 1.69. The zero-order valence-corrected chi connectivity index (χ0v) is 16.3. The standard InChI is InChI=1S/C20H32N4O2/c1-16(2)26-19(25)10-11-22-20(21-3)23-14-17-6-8-18(9-7-17)15-24-12-4-5-13-24/h6-9,16H,4-5,10-15H2,1-3H3,(H2,21,22,23). The SMILES string of the molecule is CN=C(NCCC(=O)OC(C)C)NCc1ccc(CN2CCCC2)cc1. The summed E-state index contributed by atoms with van der Waals surface area (Å²) in [5.41, 5.74) is 2.57. The van der Waals surface area contributed by atoms with Crippen molar-refractivity contribution in [3.63, 3.8) is 0 Å². The number of nitrogens with one attached hydrogen (secondary N) is 2. The van der Waals surface area contributed by atoms with Gasteiger partial charge in [0.15, 0.2) is 5.96 Å². The summed E-state index contributed by atoms with van der Waals surface area (Å²) in [4.78, 5) is 18.2. The number of ether oxygens (including phenoxy) is 1. The van der Waals surface area contributed by atoms with Gasteiger partial charge in [0, 0.05) is 26.7 Å². The Hall–Kier alpha value is -2.08. The van der Waals surface area contributed by atoms with E-state index in [1.165, 1.54) is 37.1 Å². The molecule has 1 aromatic rings.